The van der Waals surface area contributed by atoms with Crippen LogP contribution in [0, 0.1) is 17.1 Å². The van der Waals surface area contributed by atoms with Gasteiger partial charge in [0.15, 0.2) is 0 Å². The van der Waals surface area contributed by atoms with E-state index in [9.17, 15) is 4.39 Å². The van der Waals surface area contributed by atoms with Crippen LogP contribution in [0.3, 0.4) is 0 Å². The molecule has 1 saturated heterocycles. The van der Waals surface area contributed by atoms with Crippen LogP contribution in [0.2, 0.25) is 0 Å². The number of hydrogen-bond acceptors (Lipinski definition) is 3. The Hall–Kier alpha value is -1.60. The normalized spacial score (nSPS) is 20.7. The van der Waals surface area contributed by atoms with Gasteiger partial charge in [0.1, 0.15) is 5.82 Å². The minimum atomic E-state index is -0.368. The second kappa shape index (κ2) is 4.50. The van der Waals surface area contributed by atoms with Gasteiger partial charge < -0.3 is 10.2 Å². The van der Waals surface area contributed by atoms with Gasteiger partial charge in [-0.2, -0.15) is 5.26 Å². The number of hydrogen-bond donors (Lipinski definition) is 1. The van der Waals surface area contributed by atoms with Crippen LogP contribution in [-0.4, -0.2) is 31.1 Å². The van der Waals surface area contributed by atoms with Gasteiger partial charge >= 0.3 is 0 Å². The van der Waals surface area contributed by atoms with Gasteiger partial charge in [-0.3, -0.25) is 0 Å². The summed E-state index contributed by atoms with van der Waals surface area (Å²) in [5.74, 6) is -0.368. The second-order valence-electron chi connectivity index (χ2n) is 4.23. The van der Waals surface area contributed by atoms with E-state index in [1.54, 1.807) is 6.07 Å². The molecule has 0 spiro atoms. The van der Waals surface area contributed by atoms with Crippen LogP contribution < -0.4 is 5.32 Å². The lowest BCUT2D eigenvalue weighted by atomic mass is 10.2. The Kier molecular flexibility index (Phi) is 3.07. The molecule has 0 bridgehead atoms. The molecule has 0 radical (unpaired) electrons. The molecule has 0 aliphatic carbocycles. The maximum atomic E-state index is 13.2. The number of likely N-dealkylation sites (tertiary alicyclic amines) is 1. The first-order chi connectivity index (χ1) is 7.67. The predicted molar refractivity (Wildman–Crippen MR) is 60.6 cm³/mol. The third-order valence-corrected chi connectivity index (χ3v) is 2.79. The summed E-state index contributed by atoms with van der Waals surface area (Å²) in [6.07, 6.45) is 1.05. The summed E-state index contributed by atoms with van der Waals surface area (Å²) in [6, 6.07) is 6.65. The van der Waals surface area contributed by atoms with E-state index in [0.29, 0.717) is 17.3 Å². The van der Waals surface area contributed by atoms with Crippen LogP contribution in [0.15, 0.2) is 18.2 Å². The van der Waals surface area contributed by atoms with Crippen LogP contribution in [0.5, 0.6) is 0 Å². The average Bonchev–Trinajstić information content (AvgIpc) is 2.63. The zero-order valence-corrected chi connectivity index (χ0v) is 9.20. The van der Waals surface area contributed by atoms with Crippen molar-refractivity contribution in [2.75, 3.05) is 25.5 Å². The molecule has 1 aliphatic heterocycles. The van der Waals surface area contributed by atoms with Crippen molar-refractivity contribution in [2.45, 2.75) is 12.5 Å². The van der Waals surface area contributed by atoms with E-state index in [0.717, 1.165) is 19.5 Å². The molecule has 1 aromatic rings. The predicted octanol–water partition coefficient (Wildman–Crippen LogP) is 1.81. The Morgan fingerprint density at radius 2 is 2.31 bits per heavy atom. The number of rotatable bonds is 2. The largest absolute Gasteiger partial charge is 0.381 e. The van der Waals surface area contributed by atoms with Crippen LogP contribution in [0.1, 0.15) is 12.0 Å². The highest BCUT2D eigenvalue weighted by molar-refractivity contribution is 5.50. The third-order valence-electron chi connectivity index (χ3n) is 2.79. The van der Waals surface area contributed by atoms with E-state index in [-0.39, 0.29) is 5.82 Å². The molecule has 0 amide bonds. The molecular formula is C12H14FN3. The van der Waals surface area contributed by atoms with E-state index in [4.69, 9.17) is 5.26 Å². The van der Waals surface area contributed by atoms with Crippen molar-refractivity contribution in [3.8, 4) is 6.07 Å². The van der Waals surface area contributed by atoms with Crippen molar-refractivity contribution in [3.63, 3.8) is 0 Å². The smallest absolute Gasteiger partial charge is 0.126 e. The molecule has 2 rings (SSSR count). The molecule has 1 fully saturated rings. The van der Waals surface area contributed by atoms with Crippen molar-refractivity contribution >= 4 is 5.69 Å². The minimum absolute atomic E-state index is 0.346. The van der Waals surface area contributed by atoms with E-state index in [2.05, 4.69) is 17.3 Å². The molecule has 3 nitrogen and oxygen atoms in total. The highest BCUT2D eigenvalue weighted by atomic mass is 19.1. The highest BCUT2D eigenvalue weighted by Gasteiger charge is 2.19. The first-order valence-electron chi connectivity index (χ1n) is 5.33. The summed E-state index contributed by atoms with van der Waals surface area (Å²) in [7, 11) is 2.06. The van der Waals surface area contributed by atoms with Gasteiger partial charge in [-0.15, -0.1) is 0 Å². The summed E-state index contributed by atoms with van der Waals surface area (Å²) in [6.45, 7) is 2.01. The Balaban J connectivity index is 2.10. The Bertz CT molecular complexity index is 425. The molecule has 1 unspecified atom stereocenters. The molecule has 0 saturated carbocycles. The van der Waals surface area contributed by atoms with Crippen LogP contribution in [0.4, 0.5) is 10.1 Å². The SMILES string of the molecule is CN1CCC(Nc2cc(F)cc(C#N)c2)C1. The van der Waals surface area contributed by atoms with E-state index in [1.807, 2.05) is 6.07 Å². The number of nitrogens with zero attached hydrogens (tertiary/aromatic N) is 2. The fraction of sp³-hybridized carbons (Fsp3) is 0.417. The van der Waals surface area contributed by atoms with Crippen LogP contribution in [-0.2, 0) is 0 Å². The summed E-state index contributed by atoms with van der Waals surface area (Å²) < 4.78 is 13.2. The molecule has 1 atom stereocenters. The van der Waals surface area contributed by atoms with Gasteiger partial charge in [-0.25, -0.2) is 4.39 Å². The van der Waals surface area contributed by atoms with Crippen molar-refractivity contribution in [3.05, 3.63) is 29.6 Å². The van der Waals surface area contributed by atoms with E-state index >= 15 is 0 Å². The molecular weight excluding hydrogens is 205 g/mol. The molecule has 0 aromatic heterocycles. The molecule has 16 heavy (non-hydrogen) atoms. The topological polar surface area (TPSA) is 39.1 Å². The molecule has 1 aliphatic rings. The summed E-state index contributed by atoms with van der Waals surface area (Å²) in [5, 5.41) is 12.0. The number of likely N-dealkylation sites (N-methyl/N-ethyl adjacent to an activating group) is 1. The summed E-state index contributed by atoms with van der Waals surface area (Å²) in [5.41, 5.74) is 1.05. The maximum Gasteiger partial charge on any atom is 0.126 e. The Morgan fingerprint density at radius 3 is 2.94 bits per heavy atom. The Labute approximate surface area is 94.5 Å². The number of nitriles is 1. The third kappa shape index (κ3) is 2.50. The van der Waals surface area contributed by atoms with E-state index in [1.165, 1.54) is 12.1 Å². The molecule has 1 aromatic carbocycles. The first-order valence-corrected chi connectivity index (χ1v) is 5.33. The standard InChI is InChI=1S/C12H14FN3/c1-16-3-2-11(8-16)15-12-5-9(7-14)4-10(13)6-12/h4-6,11,15H,2-3,8H2,1H3. The number of halogens is 1. The summed E-state index contributed by atoms with van der Waals surface area (Å²) in [4.78, 5) is 2.22. The lowest BCUT2D eigenvalue weighted by molar-refractivity contribution is 0.414. The molecule has 4 heteroatoms. The van der Waals surface area contributed by atoms with E-state index < -0.39 is 0 Å². The molecule has 1 heterocycles. The number of nitrogens with one attached hydrogen (secondary N) is 1. The number of anilines is 1. The van der Waals surface area contributed by atoms with Gasteiger partial charge in [-0.1, -0.05) is 0 Å². The van der Waals surface area contributed by atoms with Crippen molar-refractivity contribution in [2.24, 2.45) is 0 Å². The van der Waals surface area contributed by atoms with Gasteiger partial charge in [0.2, 0.25) is 0 Å². The zero-order chi connectivity index (χ0) is 11.5. The minimum Gasteiger partial charge on any atom is -0.381 e. The van der Waals surface area contributed by atoms with Gasteiger partial charge in [0.05, 0.1) is 11.6 Å². The van der Waals surface area contributed by atoms with Gasteiger partial charge in [0, 0.05) is 18.3 Å². The van der Waals surface area contributed by atoms with Gasteiger partial charge in [0.25, 0.3) is 0 Å². The first kappa shape index (κ1) is 10.9. The lowest BCUT2D eigenvalue weighted by Gasteiger charge is -2.14. The highest BCUT2D eigenvalue weighted by Crippen LogP contribution is 2.17. The second-order valence-corrected chi connectivity index (χ2v) is 4.23. The lowest BCUT2D eigenvalue weighted by Crippen LogP contribution is -2.23. The van der Waals surface area contributed by atoms with Crippen molar-refractivity contribution in [1.82, 2.24) is 4.90 Å². The monoisotopic (exact) mass is 219 g/mol. The maximum absolute atomic E-state index is 13.2. The molecule has 84 valence electrons. The fourth-order valence-electron chi connectivity index (χ4n) is 2.03. The summed E-state index contributed by atoms with van der Waals surface area (Å²) >= 11 is 0. The van der Waals surface area contributed by atoms with Crippen molar-refractivity contribution < 1.29 is 4.39 Å². The van der Waals surface area contributed by atoms with Crippen LogP contribution in [0.25, 0.3) is 0 Å². The average molecular weight is 219 g/mol. The zero-order valence-electron chi connectivity index (χ0n) is 9.20. The Morgan fingerprint density at radius 1 is 1.50 bits per heavy atom. The fourth-order valence-corrected chi connectivity index (χ4v) is 2.03. The number of benzene rings is 1. The van der Waals surface area contributed by atoms with Crippen molar-refractivity contribution in [1.29, 1.82) is 5.26 Å². The van der Waals surface area contributed by atoms with Crippen LogP contribution >= 0.6 is 0 Å². The van der Waals surface area contributed by atoms with Gasteiger partial charge in [-0.05, 0) is 38.2 Å². The quantitative estimate of drug-likeness (QED) is 0.824. The molecule has 1 N–H and O–H groups in total.